The first-order chi connectivity index (χ1) is 7.30. The van der Waals surface area contributed by atoms with E-state index in [2.05, 4.69) is 0 Å². The number of aliphatic carboxylic acids is 1. The lowest BCUT2D eigenvalue weighted by atomic mass is 9.66. The van der Waals surface area contributed by atoms with Gasteiger partial charge in [0, 0.05) is 0 Å². The quantitative estimate of drug-likeness (QED) is 0.778. The Labute approximate surface area is 97.9 Å². The molecule has 0 aliphatic heterocycles. The second kappa shape index (κ2) is 4.74. The normalized spacial score (nSPS) is 24.1. The minimum atomic E-state index is -0.879. The Kier molecular flexibility index (Phi) is 4.00. The summed E-state index contributed by atoms with van der Waals surface area (Å²) in [7, 11) is 0. The Bertz CT molecular complexity index is 250. The molecular weight excluding hydrogens is 204 g/mol. The van der Waals surface area contributed by atoms with Gasteiger partial charge in [-0.25, -0.2) is 0 Å². The molecule has 0 spiro atoms. The van der Waals surface area contributed by atoms with Gasteiger partial charge in [-0.3, -0.25) is 4.79 Å². The van der Waals surface area contributed by atoms with E-state index in [4.69, 9.17) is 0 Å². The average Bonchev–Trinajstić information content (AvgIpc) is 2.18. The molecule has 0 aromatic heterocycles. The smallest absolute Gasteiger partial charge is 0.309 e. The van der Waals surface area contributed by atoms with Gasteiger partial charge in [-0.2, -0.15) is 0 Å². The highest BCUT2D eigenvalue weighted by atomic mass is 16.4. The molecule has 3 heteroatoms. The molecule has 16 heavy (non-hydrogen) atoms. The van der Waals surface area contributed by atoms with Crippen LogP contribution in [0.3, 0.4) is 0 Å². The molecular formula is C13H24O3. The lowest BCUT2D eigenvalue weighted by Crippen LogP contribution is -2.44. The Hall–Kier alpha value is -0.570. The highest BCUT2D eigenvalue weighted by Gasteiger charge is 2.45. The number of carboxylic acids is 1. The minimum absolute atomic E-state index is 0.0886. The zero-order valence-electron chi connectivity index (χ0n) is 10.6. The SMILES string of the molecule is CC(C)C(C)(O)CC1(C(=O)O)CCCCC1. The van der Waals surface area contributed by atoms with E-state index in [0.717, 1.165) is 19.3 Å². The zero-order valence-corrected chi connectivity index (χ0v) is 10.6. The lowest BCUT2D eigenvalue weighted by Gasteiger charge is -2.40. The second-order valence-electron chi connectivity index (χ2n) is 5.83. The van der Waals surface area contributed by atoms with E-state index in [-0.39, 0.29) is 5.92 Å². The van der Waals surface area contributed by atoms with Crippen molar-refractivity contribution in [3.8, 4) is 0 Å². The number of carboxylic acid groups (broad SMARTS) is 1. The van der Waals surface area contributed by atoms with E-state index < -0.39 is 17.0 Å². The van der Waals surface area contributed by atoms with Crippen molar-refractivity contribution < 1.29 is 15.0 Å². The summed E-state index contributed by atoms with van der Waals surface area (Å²) in [5.41, 5.74) is -1.57. The van der Waals surface area contributed by atoms with Crippen molar-refractivity contribution >= 4 is 5.97 Å². The maximum absolute atomic E-state index is 11.5. The second-order valence-corrected chi connectivity index (χ2v) is 5.83. The van der Waals surface area contributed by atoms with Gasteiger partial charge in [-0.1, -0.05) is 33.1 Å². The van der Waals surface area contributed by atoms with E-state index in [0.29, 0.717) is 19.3 Å². The summed E-state index contributed by atoms with van der Waals surface area (Å²) in [5, 5.41) is 19.7. The van der Waals surface area contributed by atoms with Gasteiger partial charge in [-0.05, 0) is 32.1 Å². The van der Waals surface area contributed by atoms with Crippen molar-refractivity contribution in [3.05, 3.63) is 0 Å². The largest absolute Gasteiger partial charge is 0.481 e. The molecule has 1 aliphatic rings. The highest BCUT2D eigenvalue weighted by molar-refractivity contribution is 5.74. The molecule has 1 atom stereocenters. The van der Waals surface area contributed by atoms with Gasteiger partial charge in [-0.15, -0.1) is 0 Å². The molecule has 0 amide bonds. The summed E-state index contributed by atoms with van der Waals surface area (Å²) < 4.78 is 0. The van der Waals surface area contributed by atoms with Crippen LogP contribution in [-0.2, 0) is 4.79 Å². The number of hydrogen-bond acceptors (Lipinski definition) is 2. The number of carbonyl (C=O) groups is 1. The Morgan fingerprint density at radius 3 is 2.19 bits per heavy atom. The molecule has 0 bridgehead atoms. The number of rotatable bonds is 4. The molecule has 1 saturated carbocycles. The summed E-state index contributed by atoms with van der Waals surface area (Å²) in [4.78, 5) is 11.5. The summed E-state index contributed by atoms with van der Waals surface area (Å²) in [5.74, 6) is -0.640. The van der Waals surface area contributed by atoms with Crippen LogP contribution in [0.15, 0.2) is 0 Å². The minimum Gasteiger partial charge on any atom is -0.481 e. The van der Waals surface area contributed by atoms with Gasteiger partial charge in [0.2, 0.25) is 0 Å². The Balaban J connectivity index is 2.83. The molecule has 0 aromatic carbocycles. The molecule has 1 fully saturated rings. The number of hydrogen-bond donors (Lipinski definition) is 2. The predicted octanol–water partition coefficient (Wildman–Crippen LogP) is 2.82. The Morgan fingerprint density at radius 2 is 1.81 bits per heavy atom. The average molecular weight is 228 g/mol. The van der Waals surface area contributed by atoms with E-state index in [1.54, 1.807) is 6.92 Å². The van der Waals surface area contributed by atoms with Crippen LogP contribution in [-0.4, -0.2) is 21.8 Å². The van der Waals surface area contributed by atoms with Gasteiger partial charge in [0.25, 0.3) is 0 Å². The van der Waals surface area contributed by atoms with E-state index in [1.807, 2.05) is 13.8 Å². The summed E-state index contributed by atoms with van der Waals surface area (Å²) in [6, 6.07) is 0. The van der Waals surface area contributed by atoms with Crippen molar-refractivity contribution in [3.63, 3.8) is 0 Å². The van der Waals surface area contributed by atoms with Crippen molar-refractivity contribution in [1.82, 2.24) is 0 Å². The topological polar surface area (TPSA) is 57.5 Å². The Morgan fingerprint density at radius 1 is 1.31 bits per heavy atom. The summed E-state index contributed by atoms with van der Waals surface area (Å²) in [6.07, 6.45) is 4.88. The fourth-order valence-corrected chi connectivity index (χ4v) is 2.58. The van der Waals surface area contributed by atoms with Crippen LogP contribution < -0.4 is 0 Å². The molecule has 1 unspecified atom stereocenters. The molecule has 2 N–H and O–H groups in total. The highest BCUT2D eigenvalue weighted by Crippen LogP contribution is 2.44. The van der Waals surface area contributed by atoms with Crippen molar-refractivity contribution in [2.24, 2.45) is 11.3 Å². The van der Waals surface area contributed by atoms with Crippen LogP contribution in [0.25, 0.3) is 0 Å². The summed E-state index contributed by atoms with van der Waals surface area (Å²) >= 11 is 0. The third-order valence-corrected chi connectivity index (χ3v) is 4.20. The van der Waals surface area contributed by atoms with Gasteiger partial charge in [0.15, 0.2) is 0 Å². The third-order valence-electron chi connectivity index (χ3n) is 4.20. The van der Waals surface area contributed by atoms with Gasteiger partial charge in [0.05, 0.1) is 11.0 Å². The first-order valence-corrected chi connectivity index (χ1v) is 6.26. The molecule has 0 aromatic rings. The van der Waals surface area contributed by atoms with Crippen LogP contribution in [0.5, 0.6) is 0 Å². The van der Waals surface area contributed by atoms with Gasteiger partial charge < -0.3 is 10.2 Å². The maximum atomic E-state index is 11.5. The molecule has 1 aliphatic carbocycles. The van der Waals surface area contributed by atoms with Crippen LogP contribution in [0.2, 0.25) is 0 Å². The standard InChI is InChI=1S/C13H24O3/c1-10(2)12(3,16)9-13(11(14)15)7-5-4-6-8-13/h10,16H,4-9H2,1-3H3,(H,14,15). The first-order valence-electron chi connectivity index (χ1n) is 6.26. The van der Waals surface area contributed by atoms with Gasteiger partial charge in [0.1, 0.15) is 0 Å². The van der Waals surface area contributed by atoms with Crippen LogP contribution in [0.4, 0.5) is 0 Å². The molecule has 94 valence electrons. The van der Waals surface area contributed by atoms with Crippen LogP contribution >= 0.6 is 0 Å². The molecule has 0 saturated heterocycles. The van der Waals surface area contributed by atoms with Crippen molar-refractivity contribution in [2.45, 2.75) is 64.9 Å². The van der Waals surface area contributed by atoms with E-state index in [9.17, 15) is 15.0 Å². The van der Waals surface area contributed by atoms with Crippen LogP contribution in [0.1, 0.15) is 59.3 Å². The monoisotopic (exact) mass is 228 g/mol. The fraction of sp³-hybridized carbons (Fsp3) is 0.923. The number of aliphatic hydroxyl groups is 1. The van der Waals surface area contributed by atoms with Crippen molar-refractivity contribution in [1.29, 1.82) is 0 Å². The molecule has 1 rings (SSSR count). The lowest BCUT2D eigenvalue weighted by molar-refractivity contribution is -0.157. The predicted molar refractivity (Wildman–Crippen MR) is 63.2 cm³/mol. The molecule has 3 nitrogen and oxygen atoms in total. The van der Waals surface area contributed by atoms with Crippen LogP contribution in [0, 0.1) is 11.3 Å². The summed E-state index contributed by atoms with van der Waals surface area (Å²) in [6.45, 7) is 5.65. The molecule has 0 heterocycles. The first kappa shape index (κ1) is 13.5. The fourth-order valence-electron chi connectivity index (χ4n) is 2.58. The van der Waals surface area contributed by atoms with E-state index in [1.165, 1.54) is 0 Å². The van der Waals surface area contributed by atoms with Crippen molar-refractivity contribution in [2.75, 3.05) is 0 Å². The molecule has 0 radical (unpaired) electrons. The van der Waals surface area contributed by atoms with E-state index >= 15 is 0 Å². The van der Waals surface area contributed by atoms with Gasteiger partial charge >= 0.3 is 5.97 Å². The zero-order chi connectivity index (χ0) is 12.4. The maximum Gasteiger partial charge on any atom is 0.309 e. The third kappa shape index (κ3) is 2.76.